The minimum atomic E-state index is 0.708. The first kappa shape index (κ1) is 6.51. The van der Waals surface area contributed by atoms with E-state index in [1.807, 2.05) is 0 Å². The Bertz CT molecular complexity index is 216. The smallest absolute Gasteiger partial charge is 0.0199 e. The number of rotatable bonds is 0. The zero-order valence-electron chi connectivity index (χ0n) is 7.85. The molecule has 0 nitrogen and oxygen atoms in total. The molecule has 0 N–H and O–H groups in total. The molecule has 0 bridgehead atoms. The predicted octanol–water partition coefficient (Wildman–Crippen LogP) is 3.08. The topological polar surface area (TPSA) is 0 Å². The first-order valence-electron chi connectivity index (χ1n) is 5.09. The van der Waals surface area contributed by atoms with Crippen molar-refractivity contribution in [1.82, 2.24) is 0 Å². The lowest BCUT2D eigenvalue weighted by Gasteiger charge is -2.52. The molecule has 0 aliphatic heterocycles. The van der Waals surface area contributed by atoms with Gasteiger partial charge in [-0.25, -0.2) is 0 Å². The van der Waals surface area contributed by atoms with Crippen LogP contribution in [-0.4, -0.2) is 0 Å². The van der Waals surface area contributed by atoms with E-state index in [1.54, 1.807) is 12.8 Å². The maximum absolute atomic E-state index is 2.48. The second-order valence-electron chi connectivity index (χ2n) is 5.80. The number of hydrogen-bond donors (Lipinski definition) is 0. The summed E-state index contributed by atoms with van der Waals surface area (Å²) in [5.41, 5.74) is 1.60. The quantitative estimate of drug-likeness (QED) is 0.498. The van der Waals surface area contributed by atoms with Crippen molar-refractivity contribution in [3.8, 4) is 0 Å². The third-order valence-corrected chi connectivity index (χ3v) is 5.15. The molecular weight excluding hydrogens is 132 g/mol. The van der Waals surface area contributed by atoms with E-state index in [0.29, 0.717) is 5.41 Å². The van der Waals surface area contributed by atoms with Crippen LogP contribution in [0.15, 0.2) is 0 Å². The molecule has 0 aromatic rings. The van der Waals surface area contributed by atoms with E-state index in [4.69, 9.17) is 0 Å². The van der Waals surface area contributed by atoms with Gasteiger partial charge in [0.2, 0.25) is 0 Å². The summed E-state index contributed by atoms with van der Waals surface area (Å²) in [6, 6.07) is 0. The molecule has 3 fully saturated rings. The van der Waals surface area contributed by atoms with Crippen LogP contribution in [0.1, 0.15) is 40.0 Å². The van der Waals surface area contributed by atoms with Gasteiger partial charge in [0.15, 0.2) is 0 Å². The summed E-state index contributed by atoms with van der Waals surface area (Å²) in [6.45, 7) is 7.42. The molecule has 3 rings (SSSR count). The van der Waals surface area contributed by atoms with Crippen LogP contribution in [0, 0.1) is 28.6 Å². The maximum Gasteiger partial charge on any atom is -0.0199 e. The zero-order valence-corrected chi connectivity index (χ0v) is 7.85. The fourth-order valence-corrected chi connectivity index (χ4v) is 4.78. The molecule has 0 aromatic carbocycles. The van der Waals surface area contributed by atoms with Crippen molar-refractivity contribution >= 4 is 0 Å². The monoisotopic (exact) mass is 150 g/mol. The number of hydrogen-bond acceptors (Lipinski definition) is 0. The summed E-state index contributed by atoms with van der Waals surface area (Å²) in [6.07, 6.45) is 4.63. The summed E-state index contributed by atoms with van der Waals surface area (Å²) in [4.78, 5) is 0. The standard InChI is InChI=1S/C11H18/c1-7-8-4-5-9-10(2,3)6-11(7,8)9/h7-9H,4-6H2,1-3H3. The van der Waals surface area contributed by atoms with Gasteiger partial charge < -0.3 is 0 Å². The van der Waals surface area contributed by atoms with Crippen molar-refractivity contribution in [3.63, 3.8) is 0 Å². The van der Waals surface area contributed by atoms with Crippen LogP contribution in [0.5, 0.6) is 0 Å². The second-order valence-corrected chi connectivity index (χ2v) is 5.80. The molecule has 4 atom stereocenters. The van der Waals surface area contributed by atoms with Crippen molar-refractivity contribution in [2.45, 2.75) is 40.0 Å². The van der Waals surface area contributed by atoms with Gasteiger partial charge in [-0.05, 0) is 47.8 Å². The van der Waals surface area contributed by atoms with Gasteiger partial charge in [0.1, 0.15) is 0 Å². The molecular formula is C11H18. The first-order chi connectivity index (χ1) is 5.09. The van der Waals surface area contributed by atoms with Crippen LogP contribution in [0.25, 0.3) is 0 Å². The lowest BCUT2D eigenvalue weighted by molar-refractivity contribution is -0.0319. The van der Waals surface area contributed by atoms with Crippen LogP contribution in [0.4, 0.5) is 0 Å². The molecule has 0 amide bonds. The molecule has 4 unspecified atom stereocenters. The van der Waals surface area contributed by atoms with E-state index in [0.717, 1.165) is 23.2 Å². The van der Waals surface area contributed by atoms with Crippen LogP contribution in [0.3, 0.4) is 0 Å². The van der Waals surface area contributed by atoms with Crippen LogP contribution in [-0.2, 0) is 0 Å². The van der Waals surface area contributed by atoms with Gasteiger partial charge in [-0.3, -0.25) is 0 Å². The van der Waals surface area contributed by atoms with Crippen LogP contribution in [0.2, 0.25) is 0 Å². The lowest BCUT2D eigenvalue weighted by atomic mass is 9.53. The third kappa shape index (κ3) is 0.467. The van der Waals surface area contributed by atoms with Crippen molar-refractivity contribution in [2.75, 3.05) is 0 Å². The zero-order chi connectivity index (χ0) is 7.85. The fourth-order valence-electron chi connectivity index (χ4n) is 4.78. The van der Waals surface area contributed by atoms with Crippen molar-refractivity contribution in [1.29, 1.82) is 0 Å². The van der Waals surface area contributed by atoms with Gasteiger partial charge in [-0.1, -0.05) is 20.8 Å². The third-order valence-electron chi connectivity index (χ3n) is 5.15. The summed E-state index contributed by atoms with van der Waals surface area (Å²) in [7, 11) is 0. The van der Waals surface area contributed by atoms with Gasteiger partial charge in [-0.2, -0.15) is 0 Å². The minimum absolute atomic E-state index is 0.708. The molecule has 0 radical (unpaired) electrons. The van der Waals surface area contributed by atoms with Gasteiger partial charge in [0.05, 0.1) is 0 Å². The fraction of sp³-hybridized carbons (Fsp3) is 1.00. The summed E-state index contributed by atoms with van der Waals surface area (Å²) in [5, 5.41) is 0. The highest BCUT2D eigenvalue weighted by Gasteiger charge is 2.77. The van der Waals surface area contributed by atoms with E-state index in [9.17, 15) is 0 Å². The van der Waals surface area contributed by atoms with E-state index < -0.39 is 0 Å². The molecule has 11 heavy (non-hydrogen) atoms. The Morgan fingerprint density at radius 2 is 1.91 bits per heavy atom. The average Bonchev–Trinajstić information content (AvgIpc) is 2.40. The van der Waals surface area contributed by atoms with Crippen molar-refractivity contribution < 1.29 is 0 Å². The van der Waals surface area contributed by atoms with Gasteiger partial charge in [0, 0.05) is 0 Å². The van der Waals surface area contributed by atoms with E-state index in [-0.39, 0.29) is 0 Å². The second kappa shape index (κ2) is 1.41. The molecule has 0 heteroatoms. The SMILES string of the molecule is CC1C2CCC3C(C)(C)CC123. The predicted molar refractivity (Wildman–Crippen MR) is 46.2 cm³/mol. The molecule has 0 saturated heterocycles. The molecule has 0 aromatic heterocycles. The summed E-state index contributed by atoms with van der Waals surface area (Å²) < 4.78 is 0. The van der Waals surface area contributed by atoms with Crippen LogP contribution < -0.4 is 0 Å². The Kier molecular flexibility index (Phi) is 0.832. The molecule has 1 spiro atoms. The molecule has 62 valence electrons. The largest absolute Gasteiger partial charge is 0.0617 e. The highest BCUT2D eigenvalue weighted by atomic mass is 14.8. The molecule has 3 aliphatic rings. The highest BCUT2D eigenvalue weighted by molar-refractivity contribution is 5.25. The Balaban J connectivity index is 1.94. The first-order valence-corrected chi connectivity index (χ1v) is 5.09. The highest BCUT2D eigenvalue weighted by Crippen LogP contribution is 2.84. The summed E-state index contributed by atoms with van der Waals surface area (Å²) in [5.74, 6) is 3.35. The Morgan fingerprint density at radius 1 is 1.18 bits per heavy atom. The van der Waals surface area contributed by atoms with Crippen molar-refractivity contribution in [2.24, 2.45) is 28.6 Å². The van der Waals surface area contributed by atoms with Gasteiger partial charge in [-0.15, -0.1) is 0 Å². The Hall–Kier alpha value is 0. The molecule has 3 aliphatic carbocycles. The van der Waals surface area contributed by atoms with Gasteiger partial charge in [0.25, 0.3) is 0 Å². The Morgan fingerprint density at radius 3 is 2.36 bits per heavy atom. The van der Waals surface area contributed by atoms with E-state index in [1.165, 1.54) is 6.42 Å². The normalized spacial score (nSPS) is 63.0. The Labute approximate surface area is 69.4 Å². The lowest BCUT2D eigenvalue weighted by Crippen LogP contribution is -2.45. The van der Waals surface area contributed by atoms with Crippen molar-refractivity contribution in [3.05, 3.63) is 0 Å². The maximum atomic E-state index is 2.48. The molecule has 3 saturated carbocycles. The average molecular weight is 150 g/mol. The molecule has 0 heterocycles. The minimum Gasteiger partial charge on any atom is -0.0617 e. The van der Waals surface area contributed by atoms with Gasteiger partial charge >= 0.3 is 0 Å². The van der Waals surface area contributed by atoms with Crippen LogP contribution >= 0.6 is 0 Å². The van der Waals surface area contributed by atoms with E-state index >= 15 is 0 Å². The van der Waals surface area contributed by atoms with E-state index in [2.05, 4.69) is 20.8 Å². The summed E-state index contributed by atoms with van der Waals surface area (Å²) >= 11 is 0.